The van der Waals surface area contributed by atoms with Crippen LogP contribution in [0.3, 0.4) is 0 Å². The molecule has 0 saturated carbocycles. The van der Waals surface area contributed by atoms with Gasteiger partial charge < -0.3 is 0 Å². The standard InChI is InChI=1S/C16H13Cl2NO/c1-11-14(18)3-2-4-15(11)19-10-9-16(20)12-5-7-13(17)8-6-12/h2-8,10H,9H2,1H3. The minimum absolute atomic E-state index is 0.00472. The van der Waals surface area contributed by atoms with Crippen molar-refractivity contribution in [3.05, 3.63) is 63.6 Å². The van der Waals surface area contributed by atoms with Gasteiger partial charge in [-0.1, -0.05) is 29.3 Å². The topological polar surface area (TPSA) is 29.4 Å². The van der Waals surface area contributed by atoms with E-state index in [1.54, 1.807) is 30.5 Å². The molecule has 2 nitrogen and oxygen atoms in total. The van der Waals surface area contributed by atoms with E-state index in [4.69, 9.17) is 23.2 Å². The van der Waals surface area contributed by atoms with Crippen molar-refractivity contribution in [3.63, 3.8) is 0 Å². The van der Waals surface area contributed by atoms with Gasteiger partial charge in [0.25, 0.3) is 0 Å². The van der Waals surface area contributed by atoms with E-state index in [1.807, 2.05) is 25.1 Å². The molecule has 0 aliphatic heterocycles. The Bertz CT molecular complexity index is 648. The van der Waals surface area contributed by atoms with Gasteiger partial charge in [0, 0.05) is 28.2 Å². The summed E-state index contributed by atoms with van der Waals surface area (Å²) in [5, 5.41) is 1.29. The van der Waals surface area contributed by atoms with Crippen LogP contribution in [0.1, 0.15) is 22.3 Å². The Morgan fingerprint density at radius 1 is 1.15 bits per heavy atom. The van der Waals surface area contributed by atoms with Crippen LogP contribution in [0.2, 0.25) is 10.0 Å². The summed E-state index contributed by atoms with van der Waals surface area (Å²) < 4.78 is 0. The fourth-order valence-corrected chi connectivity index (χ4v) is 2.01. The summed E-state index contributed by atoms with van der Waals surface area (Å²) in [5.74, 6) is 0.00472. The summed E-state index contributed by atoms with van der Waals surface area (Å²) in [7, 11) is 0. The van der Waals surface area contributed by atoms with E-state index in [1.165, 1.54) is 0 Å². The second-order valence-electron chi connectivity index (χ2n) is 4.33. The zero-order valence-corrected chi connectivity index (χ0v) is 12.4. The molecule has 0 spiro atoms. The van der Waals surface area contributed by atoms with Gasteiger partial charge in [-0.3, -0.25) is 9.79 Å². The Morgan fingerprint density at radius 2 is 1.85 bits per heavy atom. The van der Waals surface area contributed by atoms with E-state index in [-0.39, 0.29) is 12.2 Å². The van der Waals surface area contributed by atoms with Gasteiger partial charge >= 0.3 is 0 Å². The number of carbonyl (C=O) groups is 1. The third-order valence-electron chi connectivity index (χ3n) is 2.91. The first-order chi connectivity index (χ1) is 9.58. The largest absolute Gasteiger partial charge is 0.294 e. The normalized spacial score (nSPS) is 10.9. The second-order valence-corrected chi connectivity index (χ2v) is 5.17. The molecule has 2 aromatic carbocycles. The van der Waals surface area contributed by atoms with Crippen molar-refractivity contribution in [1.82, 2.24) is 0 Å². The molecule has 0 heterocycles. The number of hydrogen-bond acceptors (Lipinski definition) is 2. The molecule has 102 valence electrons. The lowest BCUT2D eigenvalue weighted by Gasteiger charge is -2.01. The van der Waals surface area contributed by atoms with Crippen molar-refractivity contribution in [2.45, 2.75) is 13.3 Å². The van der Waals surface area contributed by atoms with Crippen molar-refractivity contribution >= 4 is 40.9 Å². The molecule has 4 heteroatoms. The second kappa shape index (κ2) is 6.69. The summed E-state index contributed by atoms with van der Waals surface area (Å²) in [5.41, 5.74) is 2.31. The summed E-state index contributed by atoms with van der Waals surface area (Å²) >= 11 is 11.8. The molecule has 0 N–H and O–H groups in total. The van der Waals surface area contributed by atoms with Crippen molar-refractivity contribution in [1.29, 1.82) is 0 Å². The van der Waals surface area contributed by atoms with Gasteiger partial charge in [-0.15, -0.1) is 0 Å². The van der Waals surface area contributed by atoms with E-state index in [9.17, 15) is 4.79 Å². The molecule has 0 aliphatic carbocycles. The number of benzene rings is 2. The molecule has 0 bridgehead atoms. The van der Waals surface area contributed by atoms with Crippen LogP contribution in [0.4, 0.5) is 5.69 Å². The van der Waals surface area contributed by atoms with Crippen LogP contribution in [0, 0.1) is 6.92 Å². The average Bonchev–Trinajstić information content (AvgIpc) is 2.44. The molecular weight excluding hydrogens is 293 g/mol. The average molecular weight is 306 g/mol. The molecule has 0 unspecified atom stereocenters. The first-order valence-electron chi connectivity index (χ1n) is 6.14. The highest BCUT2D eigenvalue weighted by atomic mass is 35.5. The van der Waals surface area contributed by atoms with Crippen LogP contribution in [0.25, 0.3) is 0 Å². The molecule has 2 aromatic rings. The van der Waals surface area contributed by atoms with Crippen LogP contribution in [0.15, 0.2) is 47.5 Å². The van der Waals surface area contributed by atoms with Gasteiger partial charge in [-0.05, 0) is 48.9 Å². The first kappa shape index (κ1) is 14.8. The molecule has 0 aliphatic rings. The molecule has 0 fully saturated rings. The summed E-state index contributed by atoms with van der Waals surface area (Å²) in [4.78, 5) is 16.2. The minimum Gasteiger partial charge on any atom is -0.294 e. The molecule has 20 heavy (non-hydrogen) atoms. The Hall–Kier alpha value is -1.64. The smallest absolute Gasteiger partial charge is 0.168 e. The number of nitrogens with zero attached hydrogens (tertiary/aromatic N) is 1. The van der Waals surface area contributed by atoms with Gasteiger partial charge in [0.1, 0.15) is 0 Å². The number of carbonyl (C=O) groups excluding carboxylic acids is 1. The van der Waals surface area contributed by atoms with Crippen LogP contribution in [0.5, 0.6) is 0 Å². The van der Waals surface area contributed by atoms with Gasteiger partial charge in [0.2, 0.25) is 0 Å². The number of Topliss-reactive ketones (excluding diaryl/α,β-unsaturated/α-hetero) is 1. The Labute approximate surface area is 128 Å². The maximum absolute atomic E-state index is 11.9. The summed E-state index contributed by atoms with van der Waals surface area (Å²) in [6.45, 7) is 1.90. The molecule has 0 saturated heterocycles. The van der Waals surface area contributed by atoms with E-state index >= 15 is 0 Å². The highest BCUT2D eigenvalue weighted by Gasteiger charge is 2.04. The van der Waals surface area contributed by atoms with Crippen LogP contribution < -0.4 is 0 Å². The molecular formula is C16H13Cl2NO. The third-order valence-corrected chi connectivity index (χ3v) is 3.57. The van der Waals surface area contributed by atoms with E-state index in [0.717, 1.165) is 11.3 Å². The highest BCUT2D eigenvalue weighted by Crippen LogP contribution is 2.25. The van der Waals surface area contributed by atoms with E-state index < -0.39 is 0 Å². The predicted molar refractivity (Wildman–Crippen MR) is 84.7 cm³/mol. The fraction of sp³-hybridized carbons (Fsp3) is 0.125. The maximum atomic E-state index is 11.9. The lowest BCUT2D eigenvalue weighted by Crippen LogP contribution is -1.98. The Balaban J connectivity index is 2.04. The van der Waals surface area contributed by atoms with Gasteiger partial charge in [-0.2, -0.15) is 0 Å². The van der Waals surface area contributed by atoms with Gasteiger partial charge in [0.05, 0.1) is 5.69 Å². The Morgan fingerprint density at radius 3 is 2.55 bits per heavy atom. The Kier molecular flexibility index (Phi) is 4.94. The zero-order chi connectivity index (χ0) is 14.5. The molecule has 2 rings (SSSR count). The number of halogens is 2. The summed E-state index contributed by atoms with van der Waals surface area (Å²) in [6, 6.07) is 12.3. The zero-order valence-electron chi connectivity index (χ0n) is 10.9. The monoisotopic (exact) mass is 305 g/mol. The number of rotatable bonds is 4. The molecule has 0 aromatic heterocycles. The van der Waals surface area contributed by atoms with E-state index in [2.05, 4.69) is 4.99 Å². The number of aliphatic imine (C=N–C) groups is 1. The predicted octanol–water partition coefficient (Wildman–Crippen LogP) is 5.28. The lowest BCUT2D eigenvalue weighted by atomic mass is 10.1. The molecule has 0 amide bonds. The third kappa shape index (κ3) is 3.69. The van der Waals surface area contributed by atoms with Crippen molar-refractivity contribution in [3.8, 4) is 0 Å². The van der Waals surface area contributed by atoms with Crippen molar-refractivity contribution in [2.75, 3.05) is 0 Å². The quantitative estimate of drug-likeness (QED) is 0.558. The van der Waals surface area contributed by atoms with Crippen molar-refractivity contribution in [2.24, 2.45) is 4.99 Å². The van der Waals surface area contributed by atoms with E-state index in [0.29, 0.717) is 15.6 Å². The minimum atomic E-state index is 0.00472. The van der Waals surface area contributed by atoms with Gasteiger partial charge in [0.15, 0.2) is 5.78 Å². The fourth-order valence-electron chi connectivity index (χ4n) is 1.72. The SMILES string of the molecule is Cc1c(Cl)cccc1N=CCC(=O)c1ccc(Cl)cc1. The first-order valence-corrected chi connectivity index (χ1v) is 6.90. The molecule has 0 atom stereocenters. The lowest BCUT2D eigenvalue weighted by molar-refractivity contribution is 0.100. The van der Waals surface area contributed by atoms with Crippen LogP contribution in [-0.2, 0) is 0 Å². The number of ketones is 1. The highest BCUT2D eigenvalue weighted by molar-refractivity contribution is 6.31. The molecule has 0 radical (unpaired) electrons. The van der Waals surface area contributed by atoms with Crippen LogP contribution >= 0.6 is 23.2 Å². The number of hydrogen-bond donors (Lipinski definition) is 0. The van der Waals surface area contributed by atoms with Crippen molar-refractivity contribution < 1.29 is 4.79 Å². The van der Waals surface area contributed by atoms with Gasteiger partial charge in [-0.25, -0.2) is 0 Å². The summed E-state index contributed by atoms with van der Waals surface area (Å²) in [6.07, 6.45) is 1.85. The van der Waals surface area contributed by atoms with Crippen LogP contribution in [-0.4, -0.2) is 12.0 Å². The maximum Gasteiger partial charge on any atom is 0.168 e.